The van der Waals surface area contributed by atoms with Crippen molar-refractivity contribution in [1.82, 2.24) is 9.97 Å². The molecular formula is C11H13FN4S. The lowest BCUT2D eigenvalue weighted by molar-refractivity contribution is 0.606. The van der Waals surface area contributed by atoms with Crippen LogP contribution in [0, 0.1) is 26.6 Å². The highest BCUT2D eigenvalue weighted by molar-refractivity contribution is 7.12. The molecule has 2 heterocycles. The molecule has 4 nitrogen and oxygen atoms in total. The predicted octanol–water partition coefficient (Wildman–Crippen LogP) is 2.56. The second-order valence-electron chi connectivity index (χ2n) is 3.77. The van der Waals surface area contributed by atoms with Crippen LogP contribution < -0.4 is 11.3 Å². The van der Waals surface area contributed by atoms with Gasteiger partial charge in [0.25, 0.3) is 0 Å². The summed E-state index contributed by atoms with van der Waals surface area (Å²) in [4.78, 5) is 10.5. The molecule has 0 spiro atoms. The maximum absolute atomic E-state index is 13.5. The molecule has 0 aliphatic heterocycles. The van der Waals surface area contributed by atoms with Crippen LogP contribution in [0.25, 0.3) is 11.4 Å². The van der Waals surface area contributed by atoms with Crippen LogP contribution in [0.5, 0.6) is 0 Å². The number of halogens is 1. The van der Waals surface area contributed by atoms with Crippen molar-refractivity contribution in [1.29, 1.82) is 0 Å². The molecule has 0 unspecified atom stereocenters. The molecule has 3 N–H and O–H groups in total. The molecule has 6 heteroatoms. The van der Waals surface area contributed by atoms with Crippen molar-refractivity contribution in [2.75, 3.05) is 5.43 Å². The fraction of sp³-hybridized carbons (Fsp3) is 0.273. The number of aryl methyl sites for hydroxylation is 3. The standard InChI is InChI=1S/C11H13FN4S/c1-5-4-8(7(3)17-5)10-14-6(2)9(12)11(15-10)16-13/h4H,13H2,1-3H3,(H,14,15,16). The summed E-state index contributed by atoms with van der Waals surface area (Å²) < 4.78 is 13.5. The van der Waals surface area contributed by atoms with E-state index in [0.717, 1.165) is 10.4 Å². The highest BCUT2D eigenvalue weighted by Crippen LogP contribution is 2.29. The molecule has 0 saturated carbocycles. The molecule has 0 fully saturated rings. The Balaban J connectivity index is 2.60. The number of rotatable bonds is 2. The molecular weight excluding hydrogens is 239 g/mol. The number of nitrogens with zero attached hydrogens (tertiary/aromatic N) is 2. The van der Waals surface area contributed by atoms with Crippen LogP contribution >= 0.6 is 11.3 Å². The van der Waals surface area contributed by atoms with Gasteiger partial charge in [-0.05, 0) is 26.8 Å². The van der Waals surface area contributed by atoms with Gasteiger partial charge in [0, 0.05) is 15.3 Å². The summed E-state index contributed by atoms with van der Waals surface area (Å²) >= 11 is 1.66. The average Bonchev–Trinajstić information content (AvgIpc) is 2.61. The summed E-state index contributed by atoms with van der Waals surface area (Å²) in [5.74, 6) is 5.24. The molecule has 2 rings (SSSR count). The molecule has 2 aromatic rings. The van der Waals surface area contributed by atoms with Gasteiger partial charge in [0.2, 0.25) is 0 Å². The fourth-order valence-electron chi connectivity index (χ4n) is 1.63. The molecule has 0 saturated heterocycles. The maximum Gasteiger partial charge on any atom is 0.187 e. The Bertz CT molecular complexity index is 565. The van der Waals surface area contributed by atoms with Gasteiger partial charge in [0.15, 0.2) is 17.5 Å². The Kier molecular flexibility index (Phi) is 3.08. The summed E-state index contributed by atoms with van der Waals surface area (Å²) in [5, 5.41) is 0. The highest BCUT2D eigenvalue weighted by atomic mass is 32.1. The first kappa shape index (κ1) is 11.9. The first-order chi connectivity index (χ1) is 8.02. The van der Waals surface area contributed by atoms with Gasteiger partial charge in [0.05, 0.1) is 5.69 Å². The third-order valence-electron chi connectivity index (χ3n) is 2.44. The SMILES string of the molecule is Cc1cc(-c2nc(C)c(F)c(NN)n2)c(C)s1. The van der Waals surface area contributed by atoms with E-state index in [2.05, 4.69) is 15.4 Å². The minimum Gasteiger partial charge on any atom is -0.306 e. The number of aromatic nitrogens is 2. The number of hydrazine groups is 1. The van der Waals surface area contributed by atoms with Crippen LogP contribution in [0.3, 0.4) is 0 Å². The first-order valence-corrected chi connectivity index (χ1v) is 5.92. The topological polar surface area (TPSA) is 63.8 Å². The zero-order chi connectivity index (χ0) is 12.6. The van der Waals surface area contributed by atoms with Crippen LogP contribution in [0.1, 0.15) is 15.4 Å². The lowest BCUT2D eigenvalue weighted by atomic mass is 10.2. The largest absolute Gasteiger partial charge is 0.306 e. The quantitative estimate of drug-likeness (QED) is 0.637. The van der Waals surface area contributed by atoms with Gasteiger partial charge in [0.1, 0.15) is 0 Å². The average molecular weight is 252 g/mol. The molecule has 90 valence electrons. The molecule has 0 aromatic carbocycles. The van der Waals surface area contributed by atoms with Gasteiger partial charge >= 0.3 is 0 Å². The van der Waals surface area contributed by atoms with Crippen LogP contribution in [-0.4, -0.2) is 9.97 Å². The van der Waals surface area contributed by atoms with Crippen molar-refractivity contribution >= 4 is 17.2 Å². The molecule has 17 heavy (non-hydrogen) atoms. The van der Waals surface area contributed by atoms with E-state index in [4.69, 9.17) is 5.84 Å². The van der Waals surface area contributed by atoms with Gasteiger partial charge in [-0.3, -0.25) is 0 Å². The summed E-state index contributed by atoms with van der Waals surface area (Å²) in [6.45, 7) is 5.60. The molecule has 2 aromatic heterocycles. The van der Waals surface area contributed by atoms with E-state index in [1.165, 1.54) is 4.88 Å². The highest BCUT2D eigenvalue weighted by Gasteiger charge is 2.14. The van der Waals surface area contributed by atoms with Crippen LogP contribution in [0.4, 0.5) is 10.2 Å². The van der Waals surface area contributed by atoms with E-state index in [9.17, 15) is 4.39 Å². The number of nitrogens with one attached hydrogen (secondary N) is 1. The van der Waals surface area contributed by atoms with Crippen molar-refractivity contribution in [3.63, 3.8) is 0 Å². The molecule has 0 radical (unpaired) electrons. The van der Waals surface area contributed by atoms with Gasteiger partial charge in [-0.1, -0.05) is 0 Å². The van der Waals surface area contributed by atoms with Crippen molar-refractivity contribution in [2.24, 2.45) is 5.84 Å². The third kappa shape index (κ3) is 2.13. The zero-order valence-electron chi connectivity index (χ0n) is 9.84. The Hall–Kier alpha value is -1.53. The van der Waals surface area contributed by atoms with Crippen molar-refractivity contribution in [2.45, 2.75) is 20.8 Å². The summed E-state index contributed by atoms with van der Waals surface area (Å²) in [6.07, 6.45) is 0. The van der Waals surface area contributed by atoms with Crippen LogP contribution in [0.15, 0.2) is 6.07 Å². The third-order valence-corrected chi connectivity index (χ3v) is 3.40. The smallest absolute Gasteiger partial charge is 0.187 e. The van der Waals surface area contributed by atoms with Crippen LogP contribution in [-0.2, 0) is 0 Å². The molecule has 0 aliphatic rings. The molecule has 0 aliphatic carbocycles. The number of thiophene rings is 1. The van der Waals surface area contributed by atoms with E-state index in [1.54, 1.807) is 18.3 Å². The minimum absolute atomic E-state index is 0.0238. The lowest BCUT2D eigenvalue weighted by Crippen LogP contribution is -2.13. The van der Waals surface area contributed by atoms with Gasteiger partial charge in [-0.15, -0.1) is 11.3 Å². The molecule has 0 atom stereocenters. The van der Waals surface area contributed by atoms with Crippen molar-refractivity contribution in [3.8, 4) is 11.4 Å². The Morgan fingerprint density at radius 3 is 2.53 bits per heavy atom. The van der Waals surface area contributed by atoms with Gasteiger partial charge < -0.3 is 5.43 Å². The Morgan fingerprint density at radius 1 is 1.29 bits per heavy atom. The maximum atomic E-state index is 13.5. The van der Waals surface area contributed by atoms with Crippen LogP contribution in [0.2, 0.25) is 0 Å². The fourth-order valence-corrected chi connectivity index (χ4v) is 2.55. The minimum atomic E-state index is -0.513. The monoisotopic (exact) mass is 252 g/mol. The Labute approximate surface area is 103 Å². The summed E-state index contributed by atoms with van der Waals surface area (Å²) in [5.41, 5.74) is 3.46. The Morgan fingerprint density at radius 2 is 2.00 bits per heavy atom. The number of hydrogen-bond acceptors (Lipinski definition) is 5. The number of hydrogen-bond donors (Lipinski definition) is 2. The number of anilines is 1. The second-order valence-corrected chi connectivity index (χ2v) is 5.23. The van der Waals surface area contributed by atoms with E-state index < -0.39 is 5.82 Å². The zero-order valence-corrected chi connectivity index (χ0v) is 10.7. The lowest BCUT2D eigenvalue weighted by Gasteiger charge is -2.06. The summed E-state index contributed by atoms with van der Waals surface area (Å²) in [6, 6.07) is 1.99. The normalized spacial score (nSPS) is 10.6. The summed E-state index contributed by atoms with van der Waals surface area (Å²) in [7, 11) is 0. The van der Waals surface area contributed by atoms with E-state index in [-0.39, 0.29) is 11.5 Å². The van der Waals surface area contributed by atoms with E-state index >= 15 is 0 Å². The van der Waals surface area contributed by atoms with E-state index in [0.29, 0.717) is 5.82 Å². The number of nitrogens with two attached hydrogens (primary N) is 1. The second kappa shape index (κ2) is 4.38. The molecule has 0 bridgehead atoms. The van der Waals surface area contributed by atoms with Crippen molar-refractivity contribution in [3.05, 3.63) is 27.3 Å². The van der Waals surface area contributed by atoms with Crippen molar-refractivity contribution < 1.29 is 4.39 Å². The number of nitrogen functional groups attached to an aromatic ring is 1. The van der Waals surface area contributed by atoms with E-state index in [1.807, 2.05) is 19.9 Å². The van der Waals surface area contributed by atoms with Gasteiger partial charge in [-0.25, -0.2) is 20.2 Å². The molecule has 0 amide bonds. The predicted molar refractivity (Wildman–Crippen MR) is 67.3 cm³/mol. The van der Waals surface area contributed by atoms with Gasteiger partial charge in [-0.2, -0.15) is 0 Å². The first-order valence-electron chi connectivity index (χ1n) is 5.11.